The molecule has 94 valence electrons. The molecule has 0 amide bonds. The van der Waals surface area contributed by atoms with Crippen molar-refractivity contribution in [2.24, 2.45) is 5.84 Å². The number of hydrogen-bond donors (Lipinski definition) is 2. The van der Waals surface area contributed by atoms with E-state index in [-0.39, 0.29) is 0 Å². The number of hydrogen-bond acceptors (Lipinski definition) is 6. The summed E-state index contributed by atoms with van der Waals surface area (Å²) in [5.41, 5.74) is 4.00. The van der Waals surface area contributed by atoms with E-state index in [0.717, 1.165) is 17.7 Å². The van der Waals surface area contributed by atoms with Crippen LogP contribution in [0.4, 0.5) is 5.82 Å². The van der Waals surface area contributed by atoms with E-state index in [4.69, 9.17) is 15.3 Å². The molecule has 1 aromatic heterocycles. The normalized spacial score (nSPS) is 15.5. The zero-order chi connectivity index (χ0) is 12.5. The fourth-order valence-electron chi connectivity index (χ4n) is 1.71. The Morgan fingerprint density at radius 3 is 2.82 bits per heavy atom. The molecule has 2 heterocycles. The molecule has 0 fully saturated rings. The molecule has 0 radical (unpaired) electrons. The summed E-state index contributed by atoms with van der Waals surface area (Å²) in [4.78, 5) is 8.95. The monoisotopic (exact) mass is 238 g/mol. The smallest absolute Gasteiger partial charge is 0.162 e. The van der Waals surface area contributed by atoms with E-state index >= 15 is 0 Å². The highest BCUT2D eigenvalue weighted by molar-refractivity contribution is 5.46. The maximum absolute atomic E-state index is 5.49. The number of fused-ring (bicyclic) bond motifs is 1. The van der Waals surface area contributed by atoms with Crippen molar-refractivity contribution in [1.29, 1.82) is 0 Å². The average molecular weight is 238 g/mol. The predicted molar refractivity (Wildman–Crippen MR) is 63.2 cm³/mol. The molecule has 3 N–H and O–H groups in total. The second kappa shape index (κ2) is 4.56. The number of hydrazine groups is 1. The molecular weight excluding hydrogens is 220 g/mol. The SMILES string of the molecule is COC(C)(C)c1nc2c(c(NN)n1)COCC2. The number of nitrogens with zero attached hydrogens (tertiary/aromatic N) is 2. The van der Waals surface area contributed by atoms with Gasteiger partial charge in [0.15, 0.2) is 5.82 Å². The minimum absolute atomic E-state index is 0.503. The maximum atomic E-state index is 5.49. The number of rotatable bonds is 3. The molecule has 0 saturated carbocycles. The maximum Gasteiger partial charge on any atom is 0.162 e. The van der Waals surface area contributed by atoms with E-state index in [0.29, 0.717) is 24.9 Å². The molecule has 0 atom stereocenters. The van der Waals surface area contributed by atoms with Gasteiger partial charge in [-0.1, -0.05) is 0 Å². The van der Waals surface area contributed by atoms with Crippen LogP contribution in [-0.4, -0.2) is 23.7 Å². The number of ether oxygens (including phenoxy) is 2. The number of nitrogen functional groups attached to an aromatic ring is 1. The molecule has 1 aliphatic heterocycles. The van der Waals surface area contributed by atoms with Gasteiger partial charge < -0.3 is 14.9 Å². The molecule has 0 aliphatic carbocycles. The molecule has 6 heteroatoms. The van der Waals surface area contributed by atoms with Crippen molar-refractivity contribution >= 4 is 5.82 Å². The summed E-state index contributed by atoms with van der Waals surface area (Å²) in [5.74, 6) is 6.74. The Labute approximate surface area is 101 Å². The van der Waals surface area contributed by atoms with Crippen molar-refractivity contribution < 1.29 is 9.47 Å². The molecule has 1 aromatic rings. The first-order chi connectivity index (χ1) is 8.08. The molecule has 0 aromatic carbocycles. The lowest BCUT2D eigenvalue weighted by Gasteiger charge is -2.25. The van der Waals surface area contributed by atoms with Gasteiger partial charge in [0.2, 0.25) is 0 Å². The van der Waals surface area contributed by atoms with Crippen molar-refractivity contribution in [3.05, 3.63) is 17.1 Å². The molecule has 2 rings (SSSR count). The van der Waals surface area contributed by atoms with Gasteiger partial charge in [-0.05, 0) is 13.8 Å². The summed E-state index contributed by atoms with van der Waals surface area (Å²) in [5, 5.41) is 0. The Bertz CT molecular complexity index is 403. The van der Waals surface area contributed by atoms with Gasteiger partial charge in [-0.25, -0.2) is 15.8 Å². The third-order valence-electron chi connectivity index (χ3n) is 3.01. The number of nitrogens with two attached hydrogens (primary N) is 1. The molecule has 6 nitrogen and oxygen atoms in total. The van der Waals surface area contributed by atoms with Crippen LogP contribution in [-0.2, 0) is 28.1 Å². The third kappa shape index (κ3) is 2.24. The topological polar surface area (TPSA) is 82.3 Å². The van der Waals surface area contributed by atoms with E-state index < -0.39 is 5.60 Å². The van der Waals surface area contributed by atoms with Gasteiger partial charge in [0, 0.05) is 19.1 Å². The van der Waals surface area contributed by atoms with Gasteiger partial charge in [-0.15, -0.1) is 0 Å². The van der Waals surface area contributed by atoms with E-state index in [1.165, 1.54) is 0 Å². The Hall–Kier alpha value is -1.24. The van der Waals surface area contributed by atoms with Crippen LogP contribution in [0, 0.1) is 0 Å². The van der Waals surface area contributed by atoms with Crippen LogP contribution in [0.5, 0.6) is 0 Å². The minimum atomic E-state index is -0.529. The summed E-state index contributed by atoms with van der Waals surface area (Å²) in [6, 6.07) is 0. The Balaban J connectivity index is 2.50. The van der Waals surface area contributed by atoms with Gasteiger partial charge in [-0.2, -0.15) is 0 Å². The van der Waals surface area contributed by atoms with E-state index in [9.17, 15) is 0 Å². The van der Waals surface area contributed by atoms with Crippen LogP contribution in [0.25, 0.3) is 0 Å². The zero-order valence-corrected chi connectivity index (χ0v) is 10.4. The minimum Gasteiger partial charge on any atom is -0.376 e. The molecule has 0 spiro atoms. The lowest BCUT2D eigenvalue weighted by molar-refractivity contribution is 0.0109. The van der Waals surface area contributed by atoms with Crippen molar-refractivity contribution in [1.82, 2.24) is 9.97 Å². The summed E-state index contributed by atoms with van der Waals surface area (Å²) in [6.07, 6.45) is 0.777. The summed E-state index contributed by atoms with van der Waals surface area (Å²) >= 11 is 0. The van der Waals surface area contributed by atoms with Crippen molar-refractivity contribution in [2.75, 3.05) is 19.1 Å². The van der Waals surface area contributed by atoms with Crippen LogP contribution in [0.3, 0.4) is 0 Å². The number of methoxy groups -OCH3 is 1. The lowest BCUT2D eigenvalue weighted by Crippen LogP contribution is -2.27. The highest BCUT2D eigenvalue weighted by Crippen LogP contribution is 2.27. The van der Waals surface area contributed by atoms with Crippen LogP contribution in [0.1, 0.15) is 30.9 Å². The summed E-state index contributed by atoms with van der Waals surface area (Å²) in [7, 11) is 1.64. The molecule has 17 heavy (non-hydrogen) atoms. The number of nitrogens with one attached hydrogen (secondary N) is 1. The standard InChI is InChI=1S/C11H18N4O2/c1-11(2,16-3)10-13-8-4-5-17-6-7(8)9(14-10)15-12/h4-6,12H2,1-3H3,(H,13,14,15). The van der Waals surface area contributed by atoms with Crippen LogP contribution in [0.15, 0.2) is 0 Å². The first-order valence-corrected chi connectivity index (χ1v) is 5.58. The highest BCUT2D eigenvalue weighted by Gasteiger charge is 2.27. The fraction of sp³-hybridized carbons (Fsp3) is 0.636. The third-order valence-corrected chi connectivity index (χ3v) is 3.01. The van der Waals surface area contributed by atoms with Crippen LogP contribution in [0.2, 0.25) is 0 Å². The molecule has 0 unspecified atom stereocenters. The Morgan fingerprint density at radius 2 is 2.18 bits per heavy atom. The Kier molecular flexibility index (Phi) is 3.28. The lowest BCUT2D eigenvalue weighted by atomic mass is 10.1. The van der Waals surface area contributed by atoms with E-state index in [1.54, 1.807) is 7.11 Å². The first kappa shape index (κ1) is 12.2. The molecule has 1 aliphatic rings. The quantitative estimate of drug-likeness (QED) is 0.596. The second-order valence-electron chi connectivity index (χ2n) is 4.48. The summed E-state index contributed by atoms with van der Waals surface area (Å²) in [6.45, 7) is 5.03. The van der Waals surface area contributed by atoms with Gasteiger partial charge in [0.25, 0.3) is 0 Å². The van der Waals surface area contributed by atoms with Crippen LogP contribution >= 0.6 is 0 Å². The van der Waals surface area contributed by atoms with E-state index in [1.807, 2.05) is 13.8 Å². The van der Waals surface area contributed by atoms with Crippen molar-refractivity contribution in [3.63, 3.8) is 0 Å². The van der Waals surface area contributed by atoms with Gasteiger partial charge in [0.1, 0.15) is 11.4 Å². The molecule has 0 saturated heterocycles. The first-order valence-electron chi connectivity index (χ1n) is 5.58. The van der Waals surface area contributed by atoms with Gasteiger partial charge in [0.05, 0.1) is 18.9 Å². The average Bonchev–Trinajstić information content (AvgIpc) is 2.37. The van der Waals surface area contributed by atoms with Gasteiger partial charge >= 0.3 is 0 Å². The van der Waals surface area contributed by atoms with Crippen LogP contribution < -0.4 is 11.3 Å². The number of aromatic nitrogens is 2. The second-order valence-corrected chi connectivity index (χ2v) is 4.48. The van der Waals surface area contributed by atoms with Crippen molar-refractivity contribution in [2.45, 2.75) is 32.5 Å². The van der Waals surface area contributed by atoms with E-state index in [2.05, 4.69) is 15.4 Å². The fourth-order valence-corrected chi connectivity index (χ4v) is 1.71. The predicted octanol–water partition coefficient (Wildman–Crippen LogP) is 0.716. The highest BCUT2D eigenvalue weighted by atomic mass is 16.5. The Morgan fingerprint density at radius 1 is 1.41 bits per heavy atom. The number of anilines is 1. The summed E-state index contributed by atoms with van der Waals surface area (Å²) < 4.78 is 10.8. The largest absolute Gasteiger partial charge is 0.376 e. The molecular formula is C11H18N4O2. The van der Waals surface area contributed by atoms with Gasteiger partial charge in [-0.3, -0.25) is 0 Å². The zero-order valence-electron chi connectivity index (χ0n) is 10.4. The van der Waals surface area contributed by atoms with Crippen molar-refractivity contribution in [3.8, 4) is 0 Å². The molecule has 0 bridgehead atoms.